The van der Waals surface area contributed by atoms with Gasteiger partial charge in [0.2, 0.25) is 5.82 Å². The van der Waals surface area contributed by atoms with Crippen molar-refractivity contribution in [2.75, 3.05) is 18.5 Å². The van der Waals surface area contributed by atoms with Gasteiger partial charge in [-0.05, 0) is 67.0 Å². The zero-order valence-corrected chi connectivity index (χ0v) is 15.5. The van der Waals surface area contributed by atoms with E-state index < -0.39 is 0 Å². The highest BCUT2D eigenvalue weighted by Gasteiger charge is 2.16. The summed E-state index contributed by atoms with van der Waals surface area (Å²) in [6.07, 6.45) is 0. The fourth-order valence-corrected chi connectivity index (χ4v) is 2.53. The zero-order chi connectivity index (χ0) is 19.2. The van der Waals surface area contributed by atoms with Gasteiger partial charge in [-0.25, -0.2) is 4.63 Å². The Labute approximate surface area is 157 Å². The number of rotatable bonds is 7. The van der Waals surface area contributed by atoms with Gasteiger partial charge in [0.25, 0.3) is 5.91 Å². The minimum absolute atomic E-state index is 0.141. The molecule has 7 nitrogen and oxygen atoms in total. The lowest BCUT2D eigenvalue weighted by atomic mass is 10.1. The summed E-state index contributed by atoms with van der Waals surface area (Å²) >= 11 is 0. The number of carbonyl (C=O) groups is 1. The number of hydrogen-bond acceptors (Lipinski definition) is 6. The van der Waals surface area contributed by atoms with E-state index in [9.17, 15) is 4.79 Å². The summed E-state index contributed by atoms with van der Waals surface area (Å²) in [5.74, 6) is 1.32. The smallest absolute Gasteiger partial charge is 0.263 e. The van der Waals surface area contributed by atoms with Crippen molar-refractivity contribution < 1.29 is 18.9 Å². The monoisotopic (exact) mass is 367 g/mol. The molecule has 0 unspecified atom stereocenters. The largest absolute Gasteiger partial charge is 0.494 e. The van der Waals surface area contributed by atoms with Crippen molar-refractivity contribution in [2.24, 2.45) is 0 Å². The third-order valence-electron chi connectivity index (χ3n) is 3.89. The number of nitrogens with zero attached hydrogens (tertiary/aromatic N) is 2. The van der Waals surface area contributed by atoms with Crippen LogP contribution in [0.3, 0.4) is 0 Å². The summed E-state index contributed by atoms with van der Waals surface area (Å²) in [4.78, 5) is 12.2. The molecule has 1 N–H and O–H groups in total. The van der Waals surface area contributed by atoms with Crippen LogP contribution in [0, 0.1) is 13.8 Å². The molecule has 3 rings (SSSR count). The molecule has 1 aromatic heterocycles. The van der Waals surface area contributed by atoms with Crippen LogP contribution in [-0.4, -0.2) is 29.4 Å². The summed E-state index contributed by atoms with van der Waals surface area (Å²) in [5.41, 5.74) is 3.30. The molecule has 1 amide bonds. The van der Waals surface area contributed by atoms with Crippen LogP contribution in [0.2, 0.25) is 0 Å². The van der Waals surface area contributed by atoms with Crippen LogP contribution >= 0.6 is 0 Å². The first kappa shape index (κ1) is 18.4. The lowest BCUT2D eigenvalue weighted by Gasteiger charge is -2.09. The predicted molar refractivity (Wildman–Crippen MR) is 101 cm³/mol. The highest BCUT2D eigenvalue weighted by Crippen LogP contribution is 2.29. The maximum Gasteiger partial charge on any atom is 0.263 e. The maximum atomic E-state index is 12.2. The Kier molecular flexibility index (Phi) is 5.71. The van der Waals surface area contributed by atoms with Gasteiger partial charge in [-0.3, -0.25) is 4.79 Å². The highest BCUT2D eigenvalue weighted by molar-refractivity contribution is 5.94. The molecule has 0 saturated carbocycles. The Balaban J connectivity index is 1.67. The van der Waals surface area contributed by atoms with Crippen LogP contribution in [-0.2, 0) is 4.79 Å². The second kappa shape index (κ2) is 8.35. The van der Waals surface area contributed by atoms with Crippen molar-refractivity contribution in [2.45, 2.75) is 20.8 Å². The molecule has 0 bridgehead atoms. The minimum Gasteiger partial charge on any atom is -0.494 e. The molecule has 0 radical (unpaired) electrons. The SMILES string of the molecule is CCOc1ccc(-c2nonc2NC(=O)COc2ccc(C)cc2)cc1C. The Hall–Kier alpha value is -3.35. The second-order valence-electron chi connectivity index (χ2n) is 6.02. The molecule has 0 fully saturated rings. The van der Waals surface area contributed by atoms with Crippen LogP contribution in [0.1, 0.15) is 18.1 Å². The van der Waals surface area contributed by atoms with E-state index in [1.807, 2.05) is 63.2 Å². The van der Waals surface area contributed by atoms with E-state index in [4.69, 9.17) is 14.1 Å². The molecule has 140 valence electrons. The minimum atomic E-state index is -0.352. The van der Waals surface area contributed by atoms with Crippen molar-refractivity contribution in [3.05, 3.63) is 53.6 Å². The van der Waals surface area contributed by atoms with Gasteiger partial charge in [0, 0.05) is 5.56 Å². The molecule has 0 atom stereocenters. The summed E-state index contributed by atoms with van der Waals surface area (Å²) < 4.78 is 15.8. The Morgan fingerprint density at radius 1 is 1.07 bits per heavy atom. The number of carbonyl (C=O) groups excluding carboxylic acids is 1. The Bertz CT molecular complexity index is 919. The molecule has 0 saturated heterocycles. The standard InChI is InChI=1S/C20H21N3O4/c1-4-25-17-10-7-15(11-14(17)3)19-20(23-27-22-19)21-18(24)12-26-16-8-5-13(2)6-9-16/h5-11H,4,12H2,1-3H3,(H,21,23,24). The van der Waals surface area contributed by atoms with Crippen molar-refractivity contribution in [3.8, 4) is 22.8 Å². The number of amides is 1. The van der Waals surface area contributed by atoms with E-state index in [0.717, 1.165) is 22.4 Å². The fraction of sp³-hybridized carbons (Fsp3) is 0.250. The third kappa shape index (κ3) is 4.63. The van der Waals surface area contributed by atoms with Gasteiger partial charge in [-0.1, -0.05) is 17.7 Å². The lowest BCUT2D eigenvalue weighted by Crippen LogP contribution is -2.20. The number of hydrogen-bond donors (Lipinski definition) is 1. The van der Waals surface area contributed by atoms with Gasteiger partial charge in [0.1, 0.15) is 11.5 Å². The van der Waals surface area contributed by atoms with E-state index in [1.54, 1.807) is 0 Å². The van der Waals surface area contributed by atoms with Crippen LogP contribution < -0.4 is 14.8 Å². The first-order valence-electron chi connectivity index (χ1n) is 8.62. The summed E-state index contributed by atoms with van der Waals surface area (Å²) in [6, 6.07) is 13.1. The van der Waals surface area contributed by atoms with Crippen LogP contribution in [0.4, 0.5) is 5.82 Å². The average Bonchev–Trinajstić information content (AvgIpc) is 3.11. The van der Waals surface area contributed by atoms with Crippen LogP contribution in [0.15, 0.2) is 47.1 Å². The third-order valence-corrected chi connectivity index (χ3v) is 3.89. The fourth-order valence-electron chi connectivity index (χ4n) is 2.53. The van der Waals surface area contributed by atoms with E-state index in [-0.39, 0.29) is 18.3 Å². The van der Waals surface area contributed by atoms with Crippen LogP contribution in [0.5, 0.6) is 11.5 Å². The van der Waals surface area contributed by atoms with E-state index in [1.165, 1.54) is 0 Å². The number of anilines is 1. The van der Waals surface area contributed by atoms with E-state index >= 15 is 0 Å². The molecule has 3 aromatic rings. The number of nitrogens with one attached hydrogen (secondary N) is 1. The van der Waals surface area contributed by atoms with Crippen LogP contribution in [0.25, 0.3) is 11.3 Å². The molecule has 1 heterocycles. The van der Waals surface area contributed by atoms with Crippen molar-refractivity contribution in [3.63, 3.8) is 0 Å². The van der Waals surface area contributed by atoms with Gasteiger partial charge >= 0.3 is 0 Å². The molecule has 0 aliphatic carbocycles. The normalized spacial score (nSPS) is 10.5. The van der Waals surface area contributed by atoms with Gasteiger partial charge in [0.15, 0.2) is 12.3 Å². The highest BCUT2D eigenvalue weighted by atomic mass is 16.6. The number of aromatic nitrogens is 2. The van der Waals surface area contributed by atoms with Gasteiger partial charge in [-0.2, -0.15) is 0 Å². The summed E-state index contributed by atoms with van der Waals surface area (Å²) in [6.45, 7) is 6.31. The molecular formula is C20H21N3O4. The topological polar surface area (TPSA) is 86.5 Å². The van der Waals surface area contributed by atoms with Crippen molar-refractivity contribution >= 4 is 11.7 Å². The molecule has 7 heteroatoms. The van der Waals surface area contributed by atoms with Crippen molar-refractivity contribution in [1.29, 1.82) is 0 Å². The predicted octanol–water partition coefficient (Wildman–Crippen LogP) is 3.77. The first-order chi connectivity index (χ1) is 13.1. The molecule has 0 aliphatic heterocycles. The second-order valence-corrected chi connectivity index (χ2v) is 6.02. The maximum absolute atomic E-state index is 12.2. The molecular weight excluding hydrogens is 346 g/mol. The van der Waals surface area contributed by atoms with Crippen molar-refractivity contribution in [1.82, 2.24) is 10.3 Å². The average molecular weight is 367 g/mol. The van der Waals surface area contributed by atoms with Gasteiger partial charge in [0.05, 0.1) is 6.61 Å². The van der Waals surface area contributed by atoms with E-state index in [2.05, 4.69) is 15.6 Å². The Morgan fingerprint density at radius 3 is 2.56 bits per heavy atom. The summed E-state index contributed by atoms with van der Waals surface area (Å²) in [7, 11) is 0. The first-order valence-corrected chi connectivity index (χ1v) is 8.62. The summed E-state index contributed by atoms with van der Waals surface area (Å²) in [5, 5.41) is 10.4. The molecule has 0 spiro atoms. The quantitative estimate of drug-likeness (QED) is 0.684. The van der Waals surface area contributed by atoms with Gasteiger partial charge < -0.3 is 14.8 Å². The molecule has 0 aliphatic rings. The number of aryl methyl sites for hydroxylation is 2. The molecule has 27 heavy (non-hydrogen) atoms. The van der Waals surface area contributed by atoms with E-state index in [0.29, 0.717) is 18.1 Å². The Morgan fingerprint density at radius 2 is 1.85 bits per heavy atom. The van der Waals surface area contributed by atoms with Gasteiger partial charge in [-0.15, -0.1) is 0 Å². The molecule has 2 aromatic carbocycles. The zero-order valence-electron chi connectivity index (χ0n) is 15.5. The number of benzene rings is 2. The lowest BCUT2D eigenvalue weighted by molar-refractivity contribution is -0.118. The number of ether oxygens (including phenoxy) is 2.